The molecule has 0 saturated heterocycles. The summed E-state index contributed by atoms with van der Waals surface area (Å²) in [5, 5.41) is 14.2. The van der Waals surface area contributed by atoms with Gasteiger partial charge in [0.05, 0.1) is 21.3 Å². The monoisotopic (exact) mass is 485 g/mol. The Morgan fingerprint density at radius 3 is 2.27 bits per heavy atom. The Morgan fingerprint density at radius 1 is 1.00 bits per heavy atom. The fourth-order valence-corrected chi connectivity index (χ4v) is 4.48. The van der Waals surface area contributed by atoms with Gasteiger partial charge in [-0.2, -0.15) is 0 Å². The molecule has 0 spiro atoms. The fourth-order valence-electron chi connectivity index (χ4n) is 3.38. The van der Waals surface area contributed by atoms with E-state index >= 15 is 0 Å². The summed E-state index contributed by atoms with van der Waals surface area (Å²) in [4.78, 5) is 0. The molecule has 0 saturated carbocycles. The van der Waals surface area contributed by atoms with E-state index in [0.717, 1.165) is 38.6 Å². The van der Waals surface area contributed by atoms with Crippen LogP contribution in [0.3, 0.4) is 0 Å². The van der Waals surface area contributed by atoms with Crippen LogP contribution in [0.4, 0.5) is 0 Å². The number of aromatic hydroxyl groups is 1. The van der Waals surface area contributed by atoms with Gasteiger partial charge in [0.2, 0.25) is 0 Å². The van der Waals surface area contributed by atoms with Gasteiger partial charge in [0.1, 0.15) is 0 Å². The quantitative estimate of drug-likeness (QED) is 0.657. The summed E-state index contributed by atoms with van der Waals surface area (Å²) in [6.07, 6.45) is 1.53. The molecule has 140 valence electrons. The Labute approximate surface area is 169 Å². The molecule has 26 heavy (non-hydrogen) atoms. The van der Waals surface area contributed by atoms with Crippen molar-refractivity contribution in [1.29, 1.82) is 0 Å². The Balaban J connectivity index is 2.03. The van der Waals surface area contributed by atoms with Gasteiger partial charge < -0.3 is 24.6 Å². The van der Waals surface area contributed by atoms with E-state index in [1.807, 2.05) is 18.2 Å². The van der Waals surface area contributed by atoms with Gasteiger partial charge in [0.15, 0.2) is 23.0 Å². The normalized spacial score (nSPS) is 16.1. The molecule has 1 aliphatic heterocycles. The number of methoxy groups -OCH3 is 3. The zero-order chi connectivity index (χ0) is 18.8. The average molecular weight is 487 g/mol. The number of nitrogens with one attached hydrogen (secondary N) is 1. The van der Waals surface area contributed by atoms with Gasteiger partial charge in [-0.25, -0.2) is 0 Å². The number of phenols is 1. The molecule has 0 aliphatic carbocycles. The number of phenolic OH excluding ortho intramolecular Hbond substituents is 1. The van der Waals surface area contributed by atoms with Gasteiger partial charge >= 0.3 is 0 Å². The number of benzene rings is 2. The van der Waals surface area contributed by atoms with Crippen molar-refractivity contribution in [3.05, 3.63) is 43.8 Å². The molecule has 1 aliphatic rings. The summed E-state index contributed by atoms with van der Waals surface area (Å²) in [7, 11) is 4.80. The van der Waals surface area contributed by atoms with Gasteiger partial charge in [-0.05, 0) is 48.7 Å². The number of hydrogen-bond acceptors (Lipinski definition) is 5. The largest absolute Gasteiger partial charge is 0.504 e. The molecular formula is C19H21Br2NO4. The number of fused-ring (bicyclic) bond motifs is 1. The van der Waals surface area contributed by atoms with E-state index < -0.39 is 0 Å². The lowest BCUT2D eigenvalue weighted by molar-refractivity contribution is 0.353. The molecule has 2 N–H and O–H groups in total. The van der Waals surface area contributed by atoms with Crippen LogP contribution in [0, 0.1) is 0 Å². The predicted molar refractivity (Wildman–Crippen MR) is 108 cm³/mol. The van der Waals surface area contributed by atoms with Crippen molar-refractivity contribution in [2.24, 2.45) is 0 Å². The van der Waals surface area contributed by atoms with Gasteiger partial charge in [0, 0.05) is 20.6 Å². The first-order valence-corrected chi connectivity index (χ1v) is 9.80. The van der Waals surface area contributed by atoms with Crippen LogP contribution in [0.5, 0.6) is 23.0 Å². The first-order valence-electron chi connectivity index (χ1n) is 8.22. The molecular weight excluding hydrogens is 466 g/mol. The standard InChI is InChI=1S/C19H21Br2NO4/c1-24-15-7-10(12(20)8-16(15)25-2)6-14-18-11(4-5-22-14)13(21)9-17(26-3)19(18)23/h7-9,14,22-23H,4-6H2,1-3H3/t14-/m1/s1. The number of hydrogen-bond donors (Lipinski definition) is 2. The lowest BCUT2D eigenvalue weighted by Crippen LogP contribution is -2.31. The molecule has 2 aromatic rings. The first-order chi connectivity index (χ1) is 12.5. The lowest BCUT2D eigenvalue weighted by Gasteiger charge is -2.30. The third-order valence-corrected chi connectivity index (χ3v) is 6.12. The second-order valence-corrected chi connectivity index (χ2v) is 7.77. The van der Waals surface area contributed by atoms with Crippen molar-refractivity contribution in [2.45, 2.75) is 18.9 Å². The van der Waals surface area contributed by atoms with Crippen molar-refractivity contribution < 1.29 is 19.3 Å². The predicted octanol–water partition coefficient (Wildman–Crippen LogP) is 4.37. The summed E-state index contributed by atoms with van der Waals surface area (Å²) >= 11 is 7.23. The van der Waals surface area contributed by atoms with Gasteiger partial charge in [-0.1, -0.05) is 31.9 Å². The molecule has 0 bridgehead atoms. The Kier molecular flexibility index (Phi) is 5.99. The third kappa shape index (κ3) is 3.52. The minimum Gasteiger partial charge on any atom is -0.504 e. The summed E-state index contributed by atoms with van der Waals surface area (Å²) in [6, 6.07) is 5.65. The van der Waals surface area contributed by atoms with Crippen molar-refractivity contribution in [2.75, 3.05) is 27.9 Å². The van der Waals surface area contributed by atoms with E-state index in [1.165, 1.54) is 0 Å². The molecule has 0 unspecified atom stereocenters. The molecule has 5 nitrogen and oxygen atoms in total. The lowest BCUT2D eigenvalue weighted by atomic mass is 9.89. The van der Waals surface area contributed by atoms with E-state index in [-0.39, 0.29) is 11.8 Å². The van der Waals surface area contributed by atoms with Crippen LogP contribution in [-0.4, -0.2) is 33.0 Å². The van der Waals surface area contributed by atoms with Crippen LogP contribution >= 0.6 is 31.9 Å². The van der Waals surface area contributed by atoms with Crippen LogP contribution in [-0.2, 0) is 12.8 Å². The molecule has 0 radical (unpaired) electrons. The molecule has 1 heterocycles. The van der Waals surface area contributed by atoms with Gasteiger partial charge in [-0.15, -0.1) is 0 Å². The van der Waals surface area contributed by atoms with E-state index in [1.54, 1.807) is 21.3 Å². The molecule has 1 atom stereocenters. The molecule has 0 fully saturated rings. The van der Waals surface area contributed by atoms with Crippen LogP contribution in [0.2, 0.25) is 0 Å². The summed E-state index contributed by atoms with van der Waals surface area (Å²) in [5.74, 6) is 2.01. The maximum Gasteiger partial charge on any atom is 0.162 e. The highest BCUT2D eigenvalue weighted by Crippen LogP contribution is 2.44. The average Bonchev–Trinajstić information content (AvgIpc) is 2.65. The third-order valence-electron chi connectivity index (χ3n) is 4.67. The van der Waals surface area contributed by atoms with Gasteiger partial charge in [0.25, 0.3) is 0 Å². The first kappa shape index (κ1) is 19.3. The highest BCUT2D eigenvalue weighted by atomic mass is 79.9. The molecule has 3 rings (SSSR count). The maximum absolute atomic E-state index is 10.7. The Hall–Kier alpha value is -1.44. The van der Waals surface area contributed by atoms with Crippen LogP contribution in [0.25, 0.3) is 0 Å². The second kappa shape index (κ2) is 8.06. The van der Waals surface area contributed by atoms with E-state index in [4.69, 9.17) is 14.2 Å². The van der Waals surface area contributed by atoms with Crippen LogP contribution in [0.1, 0.15) is 22.7 Å². The minimum atomic E-state index is -0.0421. The van der Waals surface area contributed by atoms with Crippen molar-refractivity contribution >= 4 is 31.9 Å². The van der Waals surface area contributed by atoms with Gasteiger partial charge in [-0.3, -0.25) is 0 Å². The zero-order valence-electron chi connectivity index (χ0n) is 14.9. The number of ether oxygens (including phenoxy) is 3. The molecule has 2 aromatic carbocycles. The Bertz CT molecular complexity index is 826. The van der Waals surface area contributed by atoms with E-state index in [0.29, 0.717) is 23.7 Å². The summed E-state index contributed by atoms with van der Waals surface area (Å²) in [6.45, 7) is 0.840. The van der Waals surface area contributed by atoms with Crippen molar-refractivity contribution in [3.63, 3.8) is 0 Å². The fraction of sp³-hybridized carbons (Fsp3) is 0.368. The van der Waals surface area contributed by atoms with Crippen LogP contribution < -0.4 is 19.5 Å². The Morgan fingerprint density at radius 2 is 1.62 bits per heavy atom. The highest BCUT2D eigenvalue weighted by Gasteiger charge is 2.28. The molecule has 7 heteroatoms. The smallest absolute Gasteiger partial charge is 0.162 e. The van der Waals surface area contributed by atoms with E-state index in [2.05, 4.69) is 37.2 Å². The summed E-state index contributed by atoms with van der Waals surface area (Å²) < 4.78 is 18.0. The van der Waals surface area contributed by atoms with Crippen molar-refractivity contribution in [1.82, 2.24) is 5.32 Å². The highest BCUT2D eigenvalue weighted by molar-refractivity contribution is 9.10. The zero-order valence-corrected chi connectivity index (χ0v) is 18.0. The van der Waals surface area contributed by atoms with E-state index in [9.17, 15) is 5.11 Å². The molecule has 0 aromatic heterocycles. The minimum absolute atomic E-state index is 0.0421. The topological polar surface area (TPSA) is 60.0 Å². The second-order valence-electron chi connectivity index (χ2n) is 6.06. The molecule has 0 amide bonds. The number of halogens is 2. The van der Waals surface area contributed by atoms with Crippen molar-refractivity contribution in [3.8, 4) is 23.0 Å². The van der Waals surface area contributed by atoms with Crippen LogP contribution in [0.15, 0.2) is 27.1 Å². The number of rotatable bonds is 5. The maximum atomic E-state index is 10.7. The summed E-state index contributed by atoms with van der Waals surface area (Å²) in [5.41, 5.74) is 3.05. The SMILES string of the molecule is COc1cc(Br)c(C[C@H]2NCCc3c(Br)cc(OC)c(O)c32)cc1OC.